The van der Waals surface area contributed by atoms with Crippen molar-refractivity contribution in [3.8, 4) is 0 Å². The Bertz CT molecular complexity index is 156. The zero-order chi connectivity index (χ0) is 10.6. The van der Waals surface area contributed by atoms with Crippen molar-refractivity contribution in [2.45, 2.75) is 38.6 Å². The van der Waals surface area contributed by atoms with Gasteiger partial charge in [0.2, 0.25) is 0 Å². The number of likely N-dealkylation sites (N-methyl/N-ethyl adjacent to an activating group) is 2. The van der Waals surface area contributed by atoms with Crippen molar-refractivity contribution in [3.05, 3.63) is 0 Å². The molecule has 0 aliphatic heterocycles. The Morgan fingerprint density at radius 1 is 1.07 bits per heavy atom. The molecule has 1 rings (SSSR count). The molecule has 0 aromatic heterocycles. The molecule has 0 spiro atoms. The van der Waals surface area contributed by atoms with Crippen LogP contribution in [-0.2, 0) is 0 Å². The van der Waals surface area contributed by atoms with Gasteiger partial charge in [-0.15, -0.1) is 0 Å². The van der Waals surface area contributed by atoms with Crippen LogP contribution < -0.4 is 9.80 Å². The van der Waals surface area contributed by atoms with Crippen LogP contribution in [0, 0.1) is 5.92 Å². The van der Waals surface area contributed by atoms with E-state index in [9.17, 15) is 0 Å². The van der Waals surface area contributed by atoms with E-state index in [4.69, 9.17) is 0 Å². The van der Waals surface area contributed by atoms with Gasteiger partial charge in [0.1, 0.15) is 13.1 Å². The van der Waals surface area contributed by atoms with E-state index < -0.39 is 0 Å². The van der Waals surface area contributed by atoms with Crippen molar-refractivity contribution in [1.82, 2.24) is 0 Å². The minimum Gasteiger partial charge on any atom is -0.335 e. The minimum atomic E-state index is 0.943. The van der Waals surface area contributed by atoms with Crippen LogP contribution in [-0.4, -0.2) is 40.3 Å². The molecule has 0 amide bonds. The van der Waals surface area contributed by atoms with E-state index in [1.54, 1.807) is 9.80 Å². The molecule has 2 nitrogen and oxygen atoms in total. The molecule has 0 saturated heterocycles. The van der Waals surface area contributed by atoms with Crippen molar-refractivity contribution in [1.29, 1.82) is 0 Å². The molecular weight excluding hydrogens is 172 g/mol. The van der Waals surface area contributed by atoms with Gasteiger partial charge in [0.15, 0.2) is 0 Å². The molecule has 0 radical (unpaired) electrons. The van der Waals surface area contributed by atoms with Crippen molar-refractivity contribution in [2.24, 2.45) is 5.92 Å². The quantitative estimate of drug-likeness (QED) is 0.589. The van der Waals surface area contributed by atoms with Crippen molar-refractivity contribution < 1.29 is 9.80 Å². The normalized spacial score (nSPS) is 30.6. The minimum absolute atomic E-state index is 0.943. The number of hydrogen-bond acceptors (Lipinski definition) is 0. The third-order valence-electron chi connectivity index (χ3n) is 3.65. The maximum Gasteiger partial charge on any atom is 0.127 e. The lowest BCUT2D eigenvalue weighted by atomic mass is 9.86. The van der Waals surface area contributed by atoms with Gasteiger partial charge in [-0.1, -0.05) is 13.3 Å². The maximum absolute atomic E-state index is 2.41. The van der Waals surface area contributed by atoms with Gasteiger partial charge < -0.3 is 9.80 Å². The van der Waals surface area contributed by atoms with Crippen molar-refractivity contribution in [2.75, 3.05) is 34.2 Å². The molecule has 0 heterocycles. The van der Waals surface area contributed by atoms with E-state index in [-0.39, 0.29) is 0 Å². The first-order valence-corrected chi connectivity index (χ1v) is 6.21. The summed E-state index contributed by atoms with van der Waals surface area (Å²) in [5.41, 5.74) is 0. The summed E-state index contributed by atoms with van der Waals surface area (Å²) in [6.45, 7) is 5.05. The van der Waals surface area contributed by atoms with Gasteiger partial charge in [0.05, 0.1) is 27.2 Å². The first-order valence-electron chi connectivity index (χ1n) is 6.21. The fourth-order valence-electron chi connectivity index (χ4n) is 2.53. The van der Waals surface area contributed by atoms with Crippen LogP contribution in [0.25, 0.3) is 0 Å². The van der Waals surface area contributed by atoms with E-state index >= 15 is 0 Å². The fraction of sp³-hybridized carbons (Fsp3) is 1.00. The summed E-state index contributed by atoms with van der Waals surface area (Å²) in [5.74, 6) is 0.968. The second kappa shape index (κ2) is 5.72. The van der Waals surface area contributed by atoms with Gasteiger partial charge in [-0.2, -0.15) is 0 Å². The SMILES string of the molecule is C[C@@H]1CCC[C@H]([NH+](C)CC[NH+](C)C)C1. The topological polar surface area (TPSA) is 8.88 Å². The predicted molar refractivity (Wildman–Crippen MR) is 60.9 cm³/mol. The van der Waals surface area contributed by atoms with Gasteiger partial charge >= 0.3 is 0 Å². The predicted octanol–water partition coefficient (Wildman–Crippen LogP) is -0.776. The highest BCUT2D eigenvalue weighted by atomic mass is 15.2. The second-order valence-corrected chi connectivity index (χ2v) is 5.52. The Kier molecular flexibility index (Phi) is 4.90. The molecule has 84 valence electrons. The van der Waals surface area contributed by atoms with Gasteiger partial charge in [0, 0.05) is 6.42 Å². The first-order chi connectivity index (χ1) is 6.59. The van der Waals surface area contributed by atoms with Crippen LogP contribution in [0.1, 0.15) is 32.6 Å². The summed E-state index contributed by atoms with van der Waals surface area (Å²) in [6.07, 6.45) is 5.83. The van der Waals surface area contributed by atoms with Gasteiger partial charge in [-0.25, -0.2) is 0 Å². The average molecular weight is 200 g/mol. The molecule has 0 bridgehead atoms. The Hall–Kier alpha value is -0.0800. The molecular formula is C12H28N2+2. The lowest BCUT2D eigenvalue weighted by Crippen LogP contribution is -3.18. The summed E-state index contributed by atoms with van der Waals surface area (Å²) in [6, 6.07) is 0.943. The molecule has 0 aromatic rings. The molecule has 1 saturated carbocycles. The molecule has 2 heteroatoms. The smallest absolute Gasteiger partial charge is 0.127 e. The third-order valence-corrected chi connectivity index (χ3v) is 3.65. The summed E-state index contributed by atoms with van der Waals surface area (Å²) in [5, 5.41) is 0. The van der Waals surface area contributed by atoms with Gasteiger partial charge in [-0.3, -0.25) is 0 Å². The van der Waals surface area contributed by atoms with Crippen LogP contribution in [0.2, 0.25) is 0 Å². The van der Waals surface area contributed by atoms with Crippen LogP contribution >= 0.6 is 0 Å². The average Bonchev–Trinajstić information content (AvgIpc) is 2.14. The third kappa shape index (κ3) is 3.97. The molecule has 14 heavy (non-hydrogen) atoms. The van der Waals surface area contributed by atoms with Crippen LogP contribution in [0.3, 0.4) is 0 Å². The molecule has 1 fully saturated rings. The fourth-order valence-corrected chi connectivity index (χ4v) is 2.53. The molecule has 3 atom stereocenters. The Morgan fingerprint density at radius 3 is 2.36 bits per heavy atom. The lowest BCUT2D eigenvalue weighted by molar-refractivity contribution is -0.946. The largest absolute Gasteiger partial charge is 0.335 e. The van der Waals surface area contributed by atoms with E-state index in [1.807, 2.05) is 0 Å². The van der Waals surface area contributed by atoms with Crippen molar-refractivity contribution in [3.63, 3.8) is 0 Å². The van der Waals surface area contributed by atoms with Crippen LogP contribution in [0.4, 0.5) is 0 Å². The monoisotopic (exact) mass is 200 g/mol. The first kappa shape index (κ1) is 12.0. The summed E-state index contributed by atoms with van der Waals surface area (Å²) >= 11 is 0. The van der Waals surface area contributed by atoms with Gasteiger partial charge in [-0.05, 0) is 18.8 Å². The highest BCUT2D eigenvalue weighted by Gasteiger charge is 2.25. The van der Waals surface area contributed by atoms with Crippen LogP contribution in [0.5, 0.6) is 0 Å². The Labute approximate surface area is 89.3 Å². The number of nitrogens with one attached hydrogen (secondary N) is 2. The molecule has 1 aliphatic rings. The van der Waals surface area contributed by atoms with E-state index in [0.29, 0.717) is 0 Å². The molecule has 1 aliphatic carbocycles. The van der Waals surface area contributed by atoms with Crippen LogP contribution in [0.15, 0.2) is 0 Å². The number of hydrogen-bond donors (Lipinski definition) is 2. The molecule has 1 unspecified atom stereocenters. The zero-order valence-electron chi connectivity index (χ0n) is 10.4. The van der Waals surface area contributed by atoms with E-state index in [1.165, 1.54) is 38.8 Å². The highest BCUT2D eigenvalue weighted by Crippen LogP contribution is 2.21. The molecule has 0 aromatic carbocycles. The summed E-state index contributed by atoms with van der Waals surface area (Å²) in [7, 11) is 6.87. The van der Waals surface area contributed by atoms with E-state index in [0.717, 1.165) is 12.0 Å². The standard InChI is InChI=1S/C12H26N2/c1-11-6-5-7-12(10-11)14(4)9-8-13(2)3/h11-12H,5-10H2,1-4H3/p+2/t11-,12+/m1/s1. The highest BCUT2D eigenvalue weighted by molar-refractivity contribution is 4.68. The summed E-state index contributed by atoms with van der Waals surface area (Å²) < 4.78 is 0. The number of quaternary nitrogens is 2. The maximum atomic E-state index is 2.41. The number of rotatable bonds is 4. The Morgan fingerprint density at radius 2 is 1.79 bits per heavy atom. The molecule has 2 N–H and O–H groups in total. The zero-order valence-corrected chi connectivity index (χ0v) is 10.4. The summed E-state index contributed by atoms with van der Waals surface area (Å²) in [4.78, 5) is 3.34. The second-order valence-electron chi connectivity index (χ2n) is 5.52. The lowest BCUT2D eigenvalue weighted by Gasteiger charge is -2.31. The Balaban J connectivity index is 2.25. The van der Waals surface area contributed by atoms with Gasteiger partial charge in [0.25, 0.3) is 0 Å². The van der Waals surface area contributed by atoms with Crippen molar-refractivity contribution >= 4 is 0 Å². The van der Waals surface area contributed by atoms with E-state index in [2.05, 4.69) is 28.1 Å².